The van der Waals surface area contributed by atoms with Crippen LogP contribution in [0.5, 0.6) is 5.88 Å². The molecule has 1 aliphatic rings. The molecular weight excluding hydrogens is 264 g/mol. The summed E-state index contributed by atoms with van der Waals surface area (Å²) in [7, 11) is 3.43. The third-order valence-electron chi connectivity index (χ3n) is 4.48. The molecule has 1 aliphatic carbocycles. The summed E-state index contributed by atoms with van der Waals surface area (Å²) in [6.45, 7) is 1.90. The van der Waals surface area contributed by atoms with E-state index in [2.05, 4.69) is 17.2 Å². The van der Waals surface area contributed by atoms with Crippen molar-refractivity contribution in [1.29, 1.82) is 0 Å². The van der Waals surface area contributed by atoms with E-state index in [4.69, 9.17) is 4.74 Å². The van der Waals surface area contributed by atoms with Gasteiger partial charge >= 0.3 is 0 Å². The largest absolute Gasteiger partial charge is 0.481 e. The molecule has 1 heterocycles. The quantitative estimate of drug-likeness (QED) is 0.939. The number of ether oxygens (including phenoxy) is 1. The number of aliphatic hydroxyl groups is 1. The predicted molar refractivity (Wildman–Crippen MR) is 81.6 cm³/mol. The summed E-state index contributed by atoms with van der Waals surface area (Å²) < 4.78 is 7.06. The fourth-order valence-corrected chi connectivity index (χ4v) is 3.10. The van der Waals surface area contributed by atoms with Gasteiger partial charge in [0, 0.05) is 7.05 Å². The van der Waals surface area contributed by atoms with Gasteiger partial charge in [-0.1, -0.05) is 30.7 Å². The number of methoxy groups -OCH3 is 1. The maximum absolute atomic E-state index is 10.8. The summed E-state index contributed by atoms with van der Waals surface area (Å²) in [5.41, 5.74) is 3.80. The average molecular weight is 286 g/mol. The highest BCUT2D eigenvalue weighted by Crippen LogP contribution is 2.38. The number of aromatic nitrogens is 2. The fraction of sp³-hybridized carbons (Fsp3) is 0.471. The van der Waals surface area contributed by atoms with Crippen molar-refractivity contribution in [2.75, 3.05) is 7.11 Å². The van der Waals surface area contributed by atoms with Crippen LogP contribution in [0.2, 0.25) is 0 Å². The van der Waals surface area contributed by atoms with Crippen molar-refractivity contribution in [3.05, 3.63) is 46.6 Å². The second kappa shape index (κ2) is 5.53. The molecule has 0 spiro atoms. The van der Waals surface area contributed by atoms with E-state index in [1.807, 2.05) is 26.1 Å². The third-order valence-corrected chi connectivity index (χ3v) is 4.48. The zero-order chi connectivity index (χ0) is 15.0. The number of benzene rings is 1. The van der Waals surface area contributed by atoms with Crippen molar-refractivity contribution in [1.82, 2.24) is 9.78 Å². The van der Waals surface area contributed by atoms with Crippen molar-refractivity contribution in [2.24, 2.45) is 7.05 Å². The number of aliphatic hydroxyl groups excluding tert-OH is 1. The van der Waals surface area contributed by atoms with Crippen LogP contribution >= 0.6 is 0 Å². The van der Waals surface area contributed by atoms with E-state index in [0.717, 1.165) is 16.8 Å². The van der Waals surface area contributed by atoms with Gasteiger partial charge in [-0.25, -0.2) is 4.68 Å². The minimum atomic E-state index is -0.700. The summed E-state index contributed by atoms with van der Waals surface area (Å²) in [5.74, 6) is 1.28. The fourth-order valence-electron chi connectivity index (χ4n) is 3.10. The SMILES string of the molecule is COc1c(C(O)c2cccc(C3CCC3)c2)c(C)nn1C. The van der Waals surface area contributed by atoms with E-state index in [9.17, 15) is 5.11 Å². The number of hydrogen-bond acceptors (Lipinski definition) is 3. The Balaban J connectivity index is 1.96. The van der Waals surface area contributed by atoms with Gasteiger partial charge in [-0.3, -0.25) is 0 Å². The first-order valence-corrected chi connectivity index (χ1v) is 7.47. The lowest BCUT2D eigenvalue weighted by Crippen LogP contribution is -2.10. The van der Waals surface area contributed by atoms with Crippen molar-refractivity contribution in [3.8, 4) is 5.88 Å². The highest BCUT2D eigenvalue weighted by molar-refractivity contribution is 5.41. The number of rotatable bonds is 4. The molecule has 1 aromatic carbocycles. The molecule has 4 heteroatoms. The van der Waals surface area contributed by atoms with Crippen molar-refractivity contribution in [3.63, 3.8) is 0 Å². The summed E-state index contributed by atoms with van der Waals surface area (Å²) in [6, 6.07) is 8.29. The standard InChI is InChI=1S/C17H22N2O2/c1-11-15(17(21-3)19(2)18-11)16(20)14-9-5-8-13(10-14)12-6-4-7-12/h5,8-10,12,16,20H,4,6-7H2,1-3H3. The smallest absolute Gasteiger partial charge is 0.217 e. The maximum Gasteiger partial charge on any atom is 0.217 e. The zero-order valence-electron chi connectivity index (χ0n) is 12.8. The van der Waals surface area contributed by atoms with Gasteiger partial charge in [0.25, 0.3) is 0 Å². The van der Waals surface area contributed by atoms with Crippen LogP contribution in [0.4, 0.5) is 0 Å². The van der Waals surface area contributed by atoms with Gasteiger partial charge in [-0.15, -0.1) is 0 Å². The average Bonchev–Trinajstić information content (AvgIpc) is 2.70. The molecule has 2 aromatic rings. The van der Waals surface area contributed by atoms with Crippen LogP contribution < -0.4 is 4.74 Å². The van der Waals surface area contributed by atoms with Crippen LogP contribution in [-0.2, 0) is 7.05 Å². The Labute approximate surface area is 125 Å². The van der Waals surface area contributed by atoms with Crippen molar-refractivity contribution >= 4 is 0 Å². The van der Waals surface area contributed by atoms with Gasteiger partial charge in [0.2, 0.25) is 5.88 Å². The van der Waals surface area contributed by atoms with Crippen LogP contribution in [0.3, 0.4) is 0 Å². The molecule has 0 radical (unpaired) electrons. The molecule has 1 saturated carbocycles. The highest BCUT2D eigenvalue weighted by Gasteiger charge is 2.25. The second-order valence-electron chi connectivity index (χ2n) is 5.83. The van der Waals surface area contributed by atoms with E-state index in [0.29, 0.717) is 11.8 Å². The third kappa shape index (κ3) is 2.44. The summed E-state index contributed by atoms with van der Waals surface area (Å²) in [6.07, 6.45) is 3.13. The van der Waals surface area contributed by atoms with Gasteiger partial charge < -0.3 is 9.84 Å². The molecule has 0 amide bonds. The van der Waals surface area contributed by atoms with Crippen LogP contribution in [0.1, 0.15) is 53.7 Å². The summed E-state index contributed by atoms with van der Waals surface area (Å²) >= 11 is 0. The molecule has 21 heavy (non-hydrogen) atoms. The molecule has 3 rings (SSSR count). The topological polar surface area (TPSA) is 47.3 Å². The van der Waals surface area contributed by atoms with E-state index >= 15 is 0 Å². The van der Waals surface area contributed by atoms with Gasteiger partial charge in [0.15, 0.2) is 0 Å². The molecule has 0 aliphatic heterocycles. The lowest BCUT2D eigenvalue weighted by Gasteiger charge is -2.26. The molecule has 1 fully saturated rings. The Morgan fingerprint density at radius 2 is 2.14 bits per heavy atom. The minimum Gasteiger partial charge on any atom is -0.481 e. The Morgan fingerprint density at radius 3 is 2.76 bits per heavy atom. The molecule has 0 bridgehead atoms. The van der Waals surface area contributed by atoms with Gasteiger partial charge in [-0.05, 0) is 36.8 Å². The van der Waals surface area contributed by atoms with Crippen LogP contribution in [0, 0.1) is 6.92 Å². The first kappa shape index (κ1) is 14.1. The first-order valence-electron chi connectivity index (χ1n) is 7.47. The lowest BCUT2D eigenvalue weighted by atomic mass is 9.79. The minimum absolute atomic E-state index is 0.619. The summed E-state index contributed by atoms with van der Waals surface area (Å²) in [5, 5.41) is 15.1. The Kier molecular flexibility index (Phi) is 3.72. The predicted octanol–water partition coefficient (Wildman–Crippen LogP) is 3.09. The highest BCUT2D eigenvalue weighted by atomic mass is 16.5. The molecule has 112 valence electrons. The molecule has 1 N–H and O–H groups in total. The van der Waals surface area contributed by atoms with Crippen LogP contribution in [0.15, 0.2) is 24.3 Å². The Bertz CT molecular complexity index is 644. The molecule has 1 atom stereocenters. The van der Waals surface area contributed by atoms with Crippen LogP contribution in [0.25, 0.3) is 0 Å². The number of hydrogen-bond donors (Lipinski definition) is 1. The molecule has 1 unspecified atom stereocenters. The van der Waals surface area contributed by atoms with E-state index in [1.165, 1.54) is 24.8 Å². The monoisotopic (exact) mass is 286 g/mol. The Hall–Kier alpha value is -1.81. The van der Waals surface area contributed by atoms with E-state index < -0.39 is 6.10 Å². The first-order chi connectivity index (χ1) is 10.1. The normalized spacial score (nSPS) is 16.6. The van der Waals surface area contributed by atoms with Crippen molar-refractivity contribution < 1.29 is 9.84 Å². The summed E-state index contributed by atoms with van der Waals surface area (Å²) in [4.78, 5) is 0. The van der Waals surface area contributed by atoms with E-state index in [1.54, 1.807) is 11.8 Å². The molecule has 0 saturated heterocycles. The lowest BCUT2D eigenvalue weighted by molar-refractivity contribution is 0.212. The van der Waals surface area contributed by atoms with E-state index in [-0.39, 0.29) is 0 Å². The van der Waals surface area contributed by atoms with Crippen LogP contribution in [-0.4, -0.2) is 22.0 Å². The van der Waals surface area contributed by atoms with Gasteiger partial charge in [0.05, 0.1) is 18.4 Å². The molecule has 1 aromatic heterocycles. The Morgan fingerprint density at radius 1 is 1.38 bits per heavy atom. The molecular formula is C17H22N2O2. The zero-order valence-corrected chi connectivity index (χ0v) is 12.8. The second-order valence-corrected chi connectivity index (χ2v) is 5.83. The number of aryl methyl sites for hydroxylation is 2. The van der Waals surface area contributed by atoms with Gasteiger partial charge in [0.1, 0.15) is 6.10 Å². The molecule has 4 nitrogen and oxygen atoms in total. The van der Waals surface area contributed by atoms with Crippen molar-refractivity contribution in [2.45, 2.75) is 38.2 Å². The van der Waals surface area contributed by atoms with Gasteiger partial charge in [-0.2, -0.15) is 5.10 Å². The maximum atomic E-state index is 10.8. The number of nitrogens with zero attached hydrogens (tertiary/aromatic N) is 2.